The molecule has 0 saturated heterocycles. The summed E-state index contributed by atoms with van der Waals surface area (Å²) in [7, 11) is 0. The van der Waals surface area contributed by atoms with E-state index in [1.807, 2.05) is 6.92 Å². The standard InChI is InChI=1S/C20H20N2O6/c1-13-3-6-15(7-4-13)18(23)9-10-20(25)28-12-19(24)21-16-8-5-14(2)11-17(16)22(26)27/h3-8,11H,9-10,12H2,1-2H3,(H,21,24). The molecule has 2 aromatic carbocycles. The van der Waals surface area contributed by atoms with Crippen LogP contribution in [0.2, 0.25) is 0 Å². The van der Waals surface area contributed by atoms with Gasteiger partial charge < -0.3 is 10.1 Å². The van der Waals surface area contributed by atoms with Gasteiger partial charge in [0, 0.05) is 18.1 Å². The SMILES string of the molecule is Cc1ccc(C(=O)CCC(=O)OCC(=O)Nc2ccc(C)cc2[N+](=O)[O-])cc1. The highest BCUT2D eigenvalue weighted by Gasteiger charge is 2.17. The molecule has 28 heavy (non-hydrogen) atoms. The Kier molecular flexibility index (Phi) is 6.97. The molecule has 0 fully saturated rings. The van der Waals surface area contributed by atoms with Crippen LogP contribution in [0, 0.1) is 24.0 Å². The van der Waals surface area contributed by atoms with Crippen molar-refractivity contribution >= 4 is 29.0 Å². The minimum atomic E-state index is -0.704. The number of carbonyl (C=O) groups is 3. The molecule has 0 aliphatic carbocycles. The lowest BCUT2D eigenvalue weighted by molar-refractivity contribution is -0.384. The number of carbonyl (C=O) groups excluding carboxylic acids is 3. The number of nitro benzene ring substituents is 1. The highest BCUT2D eigenvalue weighted by molar-refractivity contribution is 5.98. The van der Waals surface area contributed by atoms with Gasteiger partial charge >= 0.3 is 5.97 Å². The first-order valence-electron chi connectivity index (χ1n) is 8.56. The lowest BCUT2D eigenvalue weighted by Gasteiger charge is -2.08. The van der Waals surface area contributed by atoms with Crippen molar-refractivity contribution in [2.24, 2.45) is 0 Å². The Morgan fingerprint density at radius 1 is 1.00 bits per heavy atom. The number of nitrogens with zero attached hydrogens (tertiary/aromatic N) is 1. The molecular weight excluding hydrogens is 364 g/mol. The van der Waals surface area contributed by atoms with Crippen LogP contribution in [0.4, 0.5) is 11.4 Å². The first-order chi connectivity index (χ1) is 13.3. The second-order valence-electron chi connectivity index (χ2n) is 6.28. The molecule has 0 aliphatic rings. The molecule has 1 amide bonds. The topological polar surface area (TPSA) is 116 Å². The molecule has 0 saturated carbocycles. The Labute approximate surface area is 161 Å². The van der Waals surface area contributed by atoms with Gasteiger partial charge in [0.05, 0.1) is 11.3 Å². The van der Waals surface area contributed by atoms with Gasteiger partial charge in [-0.2, -0.15) is 0 Å². The predicted octanol–water partition coefficient (Wildman–Crippen LogP) is 3.36. The van der Waals surface area contributed by atoms with Gasteiger partial charge in [-0.3, -0.25) is 24.5 Å². The Morgan fingerprint density at radius 2 is 1.64 bits per heavy atom. The Balaban J connectivity index is 1.81. The number of anilines is 1. The summed E-state index contributed by atoms with van der Waals surface area (Å²) in [5.41, 5.74) is 1.97. The minimum absolute atomic E-state index is 0.0196. The van der Waals surface area contributed by atoms with E-state index in [0.717, 1.165) is 5.56 Å². The highest BCUT2D eigenvalue weighted by Crippen LogP contribution is 2.25. The summed E-state index contributed by atoms with van der Waals surface area (Å²) in [4.78, 5) is 46.1. The van der Waals surface area contributed by atoms with E-state index in [2.05, 4.69) is 5.32 Å². The van der Waals surface area contributed by atoms with Gasteiger partial charge in [0.15, 0.2) is 12.4 Å². The number of nitrogens with one attached hydrogen (secondary N) is 1. The van der Waals surface area contributed by atoms with Gasteiger partial charge in [0.1, 0.15) is 5.69 Å². The van der Waals surface area contributed by atoms with E-state index in [-0.39, 0.29) is 30.0 Å². The van der Waals surface area contributed by atoms with Crippen LogP contribution in [-0.4, -0.2) is 29.2 Å². The molecule has 8 heteroatoms. The third-order valence-corrected chi connectivity index (χ3v) is 3.92. The lowest BCUT2D eigenvalue weighted by atomic mass is 10.1. The summed E-state index contributed by atoms with van der Waals surface area (Å²) in [6.45, 7) is 3.00. The van der Waals surface area contributed by atoms with Crippen LogP contribution in [0.5, 0.6) is 0 Å². The number of aryl methyl sites for hydroxylation is 2. The summed E-state index contributed by atoms with van der Waals surface area (Å²) in [6, 6.07) is 11.3. The first-order valence-corrected chi connectivity index (χ1v) is 8.56. The van der Waals surface area contributed by atoms with Gasteiger partial charge in [-0.1, -0.05) is 35.9 Å². The molecule has 1 N–H and O–H groups in total. The van der Waals surface area contributed by atoms with Crippen LogP contribution in [0.1, 0.15) is 34.3 Å². The number of nitro groups is 1. The average Bonchev–Trinajstić information content (AvgIpc) is 2.66. The Hall–Kier alpha value is -3.55. The van der Waals surface area contributed by atoms with Gasteiger partial charge in [-0.25, -0.2) is 0 Å². The molecule has 0 radical (unpaired) electrons. The second kappa shape index (κ2) is 9.40. The maximum atomic E-state index is 12.0. The maximum Gasteiger partial charge on any atom is 0.306 e. The fourth-order valence-corrected chi connectivity index (χ4v) is 2.40. The number of hydrogen-bond donors (Lipinski definition) is 1. The van der Waals surface area contributed by atoms with Gasteiger partial charge in [-0.15, -0.1) is 0 Å². The summed E-state index contributed by atoms with van der Waals surface area (Å²) < 4.78 is 4.83. The number of esters is 1. The minimum Gasteiger partial charge on any atom is -0.456 e. The molecular formula is C20H20N2O6. The van der Waals surface area contributed by atoms with Crippen LogP contribution < -0.4 is 5.32 Å². The van der Waals surface area contributed by atoms with Crippen molar-refractivity contribution in [1.29, 1.82) is 0 Å². The van der Waals surface area contributed by atoms with Crippen LogP contribution in [0.25, 0.3) is 0 Å². The number of benzene rings is 2. The number of hydrogen-bond acceptors (Lipinski definition) is 6. The van der Waals surface area contributed by atoms with E-state index in [1.165, 1.54) is 12.1 Å². The van der Waals surface area contributed by atoms with E-state index in [9.17, 15) is 24.5 Å². The van der Waals surface area contributed by atoms with Gasteiger partial charge in [0.2, 0.25) is 0 Å². The van der Waals surface area contributed by atoms with Crippen molar-refractivity contribution < 1.29 is 24.0 Å². The number of rotatable bonds is 8. The fourth-order valence-electron chi connectivity index (χ4n) is 2.40. The van der Waals surface area contributed by atoms with E-state index < -0.39 is 23.4 Å². The van der Waals surface area contributed by atoms with E-state index in [4.69, 9.17) is 4.74 Å². The van der Waals surface area contributed by atoms with Crippen LogP contribution in [0.3, 0.4) is 0 Å². The molecule has 0 atom stereocenters. The number of amides is 1. The van der Waals surface area contributed by atoms with Gasteiger partial charge in [-0.05, 0) is 25.5 Å². The molecule has 0 spiro atoms. The van der Waals surface area contributed by atoms with Crippen molar-refractivity contribution in [2.75, 3.05) is 11.9 Å². The monoisotopic (exact) mass is 384 g/mol. The van der Waals surface area contributed by atoms with E-state index in [1.54, 1.807) is 37.3 Å². The summed E-state index contributed by atoms with van der Waals surface area (Å²) in [5, 5.41) is 13.4. The van der Waals surface area contributed by atoms with Crippen molar-refractivity contribution in [3.8, 4) is 0 Å². The fraction of sp³-hybridized carbons (Fsp3) is 0.250. The van der Waals surface area contributed by atoms with Crippen LogP contribution >= 0.6 is 0 Å². The van der Waals surface area contributed by atoms with Crippen molar-refractivity contribution in [2.45, 2.75) is 26.7 Å². The molecule has 0 aromatic heterocycles. The Morgan fingerprint density at radius 3 is 2.29 bits per heavy atom. The largest absolute Gasteiger partial charge is 0.456 e. The van der Waals surface area contributed by atoms with E-state index in [0.29, 0.717) is 11.1 Å². The van der Waals surface area contributed by atoms with E-state index >= 15 is 0 Å². The smallest absolute Gasteiger partial charge is 0.306 e. The van der Waals surface area contributed by atoms with Crippen molar-refractivity contribution in [3.63, 3.8) is 0 Å². The highest BCUT2D eigenvalue weighted by atomic mass is 16.6. The molecule has 0 aliphatic heterocycles. The van der Waals surface area contributed by atoms with Crippen LogP contribution in [0.15, 0.2) is 42.5 Å². The maximum absolute atomic E-state index is 12.0. The van der Waals surface area contributed by atoms with Crippen LogP contribution in [-0.2, 0) is 14.3 Å². The van der Waals surface area contributed by atoms with Crippen molar-refractivity contribution in [3.05, 3.63) is 69.3 Å². The zero-order chi connectivity index (χ0) is 20.7. The molecule has 146 valence electrons. The summed E-state index contributed by atoms with van der Waals surface area (Å²) >= 11 is 0. The normalized spacial score (nSPS) is 10.2. The predicted molar refractivity (Wildman–Crippen MR) is 102 cm³/mol. The second-order valence-corrected chi connectivity index (χ2v) is 6.28. The average molecular weight is 384 g/mol. The van der Waals surface area contributed by atoms with Gasteiger partial charge in [0.25, 0.3) is 11.6 Å². The molecule has 2 rings (SSSR count). The Bertz CT molecular complexity index is 905. The third-order valence-electron chi connectivity index (χ3n) is 3.92. The number of ketones is 1. The zero-order valence-corrected chi connectivity index (χ0v) is 15.6. The molecule has 2 aromatic rings. The third kappa shape index (κ3) is 6.01. The lowest BCUT2D eigenvalue weighted by Crippen LogP contribution is -2.21. The number of Topliss-reactive ketones (excluding diaryl/α,β-unsaturated/α-hetero) is 1. The zero-order valence-electron chi connectivity index (χ0n) is 15.6. The molecule has 0 unspecified atom stereocenters. The molecule has 0 heterocycles. The number of ether oxygens (including phenoxy) is 1. The summed E-state index contributed by atoms with van der Waals surface area (Å²) in [6.07, 6.45) is -0.197. The van der Waals surface area contributed by atoms with Crippen molar-refractivity contribution in [1.82, 2.24) is 0 Å². The first kappa shape index (κ1) is 20.8. The summed E-state index contributed by atoms with van der Waals surface area (Å²) in [5.74, 6) is -1.60. The molecule has 8 nitrogen and oxygen atoms in total. The molecule has 0 bridgehead atoms. The quantitative estimate of drug-likeness (QED) is 0.323.